The van der Waals surface area contributed by atoms with Gasteiger partial charge in [0, 0.05) is 30.7 Å². The molecule has 2 aromatic heterocycles. The van der Waals surface area contributed by atoms with E-state index >= 15 is 0 Å². The summed E-state index contributed by atoms with van der Waals surface area (Å²) in [6.45, 7) is 4.32. The quantitative estimate of drug-likeness (QED) is 0.857. The summed E-state index contributed by atoms with van der Waals surface area (Å²) in [7, 11) is 0. The molecule has 0 aliphatic rings. The second-order valence-corrected chi connectivity index (χ2v) is 4.32. The van der Waals surface area contributed by atoms with Crippen molar-refractivity contribution in [2.24, 2.45) is 0 Å². The molecule has 0 radical (unpaired) electrons. The van der Waals surface area contributed by atoms with E-state index in [1.165, 1.54) is 0 Å². The average Bonchev–Trinajstić information content (AvgIpc) is 2.45. The summed E-state index contributed by atoms with van der Waals surface area (Å²) in [6, 6.07) is 5.51. The van der Waals surface area contributed by atoms with Crippen LogP contribution in [0, 0.1) is 6.92 Å². The van der Waals surface area contributed by atoms with Gasteiger partial charge in [-0.15, -0.1) is 0 Å². The van der Waals surface area contributed by atoms with Gasteiger partial charge in [0.2, 0.25) is 0 Å². The minimum Gasteiger partial charge on any atom is -0.387 e. The summed E-state index contributed by atoms with van der Waals surface area (Å²) < 4.78 is 0. The van der Waals surface area contributed by atoms with Gasteiger partial charge >= 0.3 is 0 Å². The predicted octanol–water partition coefficient (Wildman–Crippen LogP) is 1.89. The van der Waals surface area contributed by atoms with E-state index in [9.17, 15) is 5.11 Å². The highest BCUT2D eigenvalue weighted by Gasteiger charge is 2.07. The van der Waals surface area contributed by atoms with E-state index in [1.54, 1.807) is 24.5 Å². The predicted molar refractivity (Wildman–Crippen MR) is 73.8 cm³/mol. The van der Waals surface area contributed by atoms with Crippen LogP contribution in [0.25, 0.3) is 0 Å². The molecule has 5 nitrogen and oxygen atoms in total. The maximum atomic E-state index is 10.0. The Labute approximate surface area is 112 Å². The Morgan fingerprint density at radius 2 is 2.00 bits per heavy atom. The van der Waals surface area contributed by atoms with Gasteiger partial charge in [-0.05, 0) is 31.0 Å². The van der Waals surface area contributed by atoms with E-state index in [-0.39, 0.29) is 0 Å². The van der Waals surface area contributed by atoms with Crippen LogP contribution in [0.5, 0.6) is 0 Å². The van der Waals surface area contributed by atoms with Crippen molar-refractivity contribution in [1.82, 2.24) is 15.0 Å². The molecule has 2 N–H and O–H groups in total. The van der Waals surface area contributed by atoms with Gasteiger partial charge in [0.1, 0.15) is 11.6 Å². The summed E-state index contributed by atoms with van der Waals surface area (Å²) in [4.78, 5) is 12.5. The number of anilines is 1. The van der Waals surface area contributed by atoms with Crippen LogP contribution in [0.1, 0.15) is 30.1 Å². The van der Waals surface area contributed by atoms with Crippen LogP contribution in [-0.4, -0.2) is 26.6 Å². The lowest BCUT2D eigenvalue weighted by molar-refractivity contribution is 0.191. The Hall–Kier alpha value is -2.01. The van der Waals surface area contributed by atoms with Gasteiger partial charge in [0.15, 0.2) is 0 Å². The number of aliphatic hydroxyl groups is 1. The molecule has 2 heterocycles. The number of hydrogen-bond donors (Lipinski definition) is 2. The van der Waals surface area contributed by atoms with Gasteiger partial charge in [-0.1, -0.05) is 6.92 Å². The van der Waals surface area contributed by atoms with Crippen molar-refractivity contribution in [2.75, 3.05) is 11.9 Å². The molecule has 2 rings (SSSR count). The summed E-state index contributed by atoms with van der Waals surface area (Å²) in [5.74, 6) is 1.48. The van der Waals surface area contributed by atoms with Crippen LogP contribution in [0.4, 0.5) is 5.82 Å². The zero-order valence-corrected chi connectivity index (χ0v) is 11.2. The first-order chi connectivity index (χ1) is 9.19. The largest absolute Gasteiger partial charge is 0.387 e. The summed E-state index contributed by atoms with van der Waals surface area (Å²) in [5.41, 5.74) is 1.83. The first-order valence-corrected chi connectivity index (χ1v) is 6.35. The van der Waals surface area contributed by atoms with Crippen LogP contribution >= 0.6 is 0 Å². The molecule has 0 saturated heterocycles. The normalized spacial score (nSPS) is 12.2. The highest BCUT2D eigenvalue weighted by atomic mass is 16.3. The van der Waals surface area contributed by atoms with Crippen molar-refractivity contribution in [2.45, 2.75) is 26.4 Å². The molecule has 5 heteroatoms. The minimum atomic E-state index is -0.580. The molecule has 0 aliphatic heterocycles. The number of hydrogen-bond acceptors (Lipinski definition) is 5. The Bertz CT molecular complexity index is 530. The Morgan fingerprint density at radius 1 is 1.26 bits per heavy atom. The average molecular weight is 258 g/mol. The summed E-state index contributed by atoms with van der Waals surface area (Å²) >= 11 is 0. The second-order valence-electron chi connectivity index (χ2n) is 4.32. The maximum absolute atomic E-state index is 10.0. The number of rotatable bonds is 5. The van der Waals surface area contributed by atoms with Gasteiger partial charge in [-0.2, -0.15) is 0 Å². The van der Waals surface area contributed by atoms with Gasteiger partial charge in [-0.25, -0.2) is 9.97 Å². The molecule has 1 atom stereocenters. The molecule has 0 saturated carbocycles. The highest BCUT2D eigenvalue weighted by molar-refractivity contribution is 5.36. The zero-order chi connectivity index (χ0) is 13.7. The lowest BCUT2D eigenvalue weighted by atomic mass is 10.1. The van der Waals surface area contributed by atoms with E-state index in [0.29, 0.717) is 6.54 Å². The van der Waals surface area contributed by atoms with E-state index in [0.717, 1.165) is 29.3 Å². The smallest absolute Gasteiger partial charge is 0.130 e. The Kier molecular flexibility index (Phi) is 4.41. The first kappa shape index (κ1) is 13.4. The number of pyridine rings is 1. The van der Waals surface area contributed by atoms with Crippen molar-refractivity contribution in [3.63, 3.8) is 0 Å². The molecule has 0 aliphatic carbocycles. The molecule has 2 aromatic rings. The summed E-state index contributed by atoms with van der Waals surface area (Å²) in [5, 5.41) is 13.2. The van der Waals surface area contributed by atoms with E-state index in [2.05, 4.69) is 27.2 Å². The van der Waals surface area contributed by atoms with E-state index < -0.39 is 6.10 Å². The second kappa shape index (κ2) is 6.24. The monoisotopic (exact) mass is 258 g/mol. The fourth-order valence-corrected chi connectivity index (χ4v) is 1.81. The van der Waals surface area contributed by atoms with E-state index in [1.807, 2.05) is 13.0 Å². The molecule has 0 amide bonds. The topological polar surface area (TPSA) is 70.9 Å². The number of nitrogens with zero attached hydrogens (tertiary/aromatic N) is 3. The Balaban J connectivity index is 2.01. The van der Waals surface area contributed by atoms with Gasteiger partial charge in [0.25, 0.3) is 0 Å². The van der Waals surface area contributed by atoms with Gasteiger partial charge in [-0.3, -0.25) is 4.98 Å². The molecule has 100 valence electrons. The fraction of sp³-hybridized carbons (Fsp3) is 0.357. The molecular weight excluding hydrogens is 240 g/mol. The highest BCUT2D eigenvalue weighted by Crippen LogP contribution is 2.13. The molecule has 1 unspecified atom stereocenters. The molecular formula is C14H18N4O. The third-order valence-corrected chi connectivity index (χ3v) is 2.82. The number of aliphatic hydroxyl groups excluding tert-OH is 1. The lowest BCUT2D eigenvalue weighted by Gasteiger charge is -2.13. The maximum Gasteiger partial charge on any atom is 0.130 e. The van der Waals surface area contributed by atoms with Gasteiger partial charge < -0.3 is 10.4 Å². The first-order valence-electron chi connectivity index (χ1n) is 6.35. The van der Waals surface area contributed by atoms with Crippen LogP contribution in [0.3, 0.4) is 0 Å². The van der Waals surface area contributed by atoms with Crippen molar-refractivity contribution < 1.29 is 5.11 Å². The molecule has 0 aromatic carbocycles. The van der Waals surface area contributed by atoms with Crippen molar-refractivity contribution >= 4 is 5.82 Å². The molecule has 19 heavy (non-hydrogen) atoms. The lowest BCUT2D eigenvalue weighted by Crippen LogP contribution is -2.14. The van der Waals surface area contributed by atoms with Crippen LogP contribution in [0.15, 0.2) is 30.6 Å². The molecule has 0 bridgehead atoms. The van der Waals surface area contributed by atoms with Crippen molar-refractivity contribution in [3.05, 3.63) is 47.7 Å². The number of aryl methyl sites for hydroxylation is 2. The van der Waals surface area contributed by atoms with Gasteiger partial charge in [0.05, 0.1) is 6.10 Å². The molecule has 0 spiro atoms. The minimum absolute atomic E-state index is 0.406. The summed E-state index contributed by atoms with van der Waals surface area (Å²) in [6.07, 6.45) is 3.62. The van der Waals surface area contributed by atoms with E-state index in [4.69, 9.17) is 0 Å². The van der Waals surface area contributed by atoms with Crippen molar-refractivity contribution in [3.8, 4) is 0 Å². The Morgan fingerprint density at radius 3 is 2.68 bits per heavy atom. The number of aromatic nitrogens is 3. The fourth-order valence-electron chi connectivity index (χ4n) is 1.81. The van der Waals surface area contributed by atoms with Crippen LogP contribution < -0.4 is 5.32 Å². The third kappa shape index (κ3) is 3.72. The number of nitrogens with one attached hydrogen (secondary N) is 1. The SMILES string of the molecule is CCc1cc(NCC(O)c2ccncc2)nc(C)n1. The zero-order valence-electron chi connectivity index (χ0n) is 11.2. The third-order valence-electron chi connectivity index (χ3n) is 2.82. The van der Waals surface area contributed by atoms with Crippen molar-refractivity contribution in [1.29, 1.82) is 0 Å². The van der Waals surface area contributed by atoms with Crippen LogP contribution in [0.2, 0.25) is 0 Å². The standard InChI is InChI=1S/C14H18N4O/c1-3-12-8-14(18-10(2)17-12)16-9-13(19)11-4-6-15-7-5-11/h4-8,13,19H,3,9H2,1-2H3,(H,16,17,18). The molecule has 0 fully saturated rings. The van der Waals surface area contributed by atoms with Crippen LogP contribution in [-0.2, 0) is 6.42 Å².